The highest BCUT2D eigenvalue weighted by Gasteiger charge is 2.08. The van der Waals surface area contributed by atoms with Crippen LogP contribution in [0.4, 0.5) is 10.8 Å². The highest BCUT2D eigenvalue weighted by atomic mass is 32.2. The number of benzene rings is 2. The zero-order valence-corrected chi connectivity index (χ0v) is 15.4. The summed E-state index contributed by atoms with van der Waals surface area (Å²) < 4.78 is 0.783. The van der Waals surface area contributed by atoms with Crippen LogP contribution in [0.25, 0.3) is 11.1 Å². The van der Waals surface area contributed by atoms with Gasteiger partial charge in [0.05, 0.1) is 5.75 Å². The standard InChI is InChI=1S/C18H18N4OS2/c1-2-19-17-21-22-18(25-17)24-12-16(23)20-15-10-8-14(9-11-15)13-6-4-3-5-7-13/h3-11H,2,12H2,1H3,(H,19,21)(H,20,23). The maximum absolute atomic E-state index is 12.1. The van der Waals surface area contributed by atoms with Crippen LogP contribution in [0.5, 0.6) is 0 Å². The van der Waals surface area contributed by atoms with Crippen LogP contribution < -0.4 is 10.6 Å². The van der Waals surface area contributed by atoms with Crippen LogP contribution in [0.1, 0.15) is 6.92 Å². The van der Waals surface area contributed by atoms with E-state index in [9.17, 15) is 4.79 Å². The number of thioether (sulfide) groups is 1. The minimum Gasteiger partial charge on any atom is -0.360 e. The van der Waals surface area contributed by atoms with E-state index in [0.717, 1.165) is 32.8 Å². The minimum absolute atomic E-state index is 0.0577. The van der Waals surface area contributed by atoms with Crippen LogP contribution in [0.15, 0.2) is 58.9 Å². The third-order valence-corrected chi connectivity index (χ3v) is 5.35. The molecule has 0 bridgehead atoms. The van der Waals surface area contributed by atoms with Crippen molar-refractivity contribution in [2.24, 2.45) is 0 Å². The van der Waals surface area contributed by atoms with Crippen molar-refractivity contribution in [3.05, 3.63) is 54.6 Å². The van der Waals surface area contributed by atoms with E-state index in [2.05, 4.69) is 33.0 Å². The minimum atomic E-state index is -0.0577. The van der Waals surface area contributed by atoms with E-state index >= 15 is 0 Å². The number of nitrogens with one attached hydrogen (secondary N) is 2. The summed E-state index contributed by atoms with van der Waals surface area (Å²) in [7, 11) is 0. The molecule has 0 fully saturated rings. The second-order valence-electron chi connectivity index (χ2n) is 5.18. The summed E-state index contributed by atoms with van der Waals surface area (Å²) in [5, 5.41) is 14.8. The van der Waals surface area contributed by atoms with Crippen LogP contribution in [0.3, 0.4) is 0 Å². The van der Waals surface area contributed by atoms with Gasteiger partial charge < -0.3 is 10.6 Å². The smallest absolute Gasteiger partial charge is 0.234 e. The number of hydrogen-bond donors (Lipinski definition) is 2. The van der Waals surface area contributed by atoms with E-state index in [-0.39, 0.29) is 5.91 Å². The molecule has 3 rings (SSSR count). The fourth-order valence-electron chi connectivity index (χ4n) is 2.19. The van der Waals surface area contributed by atoms with Gasteiger partial charge in [-0.2, -0.15) is 0 Å². The number of hydrogen-bond acceptors (Lipinski definition) is 6. The number of anilines is 2. The van der Waals surface area contributed by atoms with Gasteiger partial charge in [-0.25, -0.2) is 0 Å². The van der Waals surface area contributed by atoms with E-state index in [0.29, 0.717) is 5.75 Å². The molecule has 5 nitrogen and oxygen atoms in total. The molecule has 2 N–H and O–H groups in total. The van der Waals surface area contributed by atoms with Crippen LogP contribution in [0, 0.1) is 0 Å². The molecular weight excluding hydrogens is 352 g/mol. The summed E-state index contributed by atoms with van der Waals surface area (Å²) in [4.78, 5) is 12.1. The quantitative estimate of drug-likeness (QED) is 0.605. The third-order valence-electron chi connectivity index (χ3n) is 3.34. The van der Waals surface area contributed by atoms with Crippen molar-refractivity contribution in [1.29, 1.82) is 0 Å². The maximum atomic E-state index is 12.1. The van der Waals surface area contributed by atoms with Crippen molar-refractivity contribution in [2.75, 3.05) is 22.9 Å². The first-order valence-electron chi connectivity index (χ1n) is 7.90. The summed E-state index contributed by atoms with van der Waals surface area (Å²) in [5.41, 5.74) is 3.07. The summed E-state index contributed by atoms with van der Waals surface area (Å²) in [6, 6.07) is 18.0. The van der Waals surface area contributed by atoms with Gasteiger partial charge in [0.25, 0.3) is 0 Å². The number of amides is 1. The normalized spacial score (nSPS) is 10.4. The van der Waals surface area contributed by atoms with Crippen LogP contribution in [-0.4, -0.2) is 28.4 Å². The molecule has 0 unspecified atom stereocenters. The predicted molar refractivity (Wildman–Crippen MR) is 105 cm³/mol. The van der Waals surface area contributed by atoms with E-state index in [1.165, 1.54) is 23.1 Å². The average Bonchev–Trinajstić information content (AvgIpc) is 3.09. The van der Waals surface area contributed by atoms with Gasteiger partial charge in [-0.15, -0.1) is 10.2 Å². The van der Waals surface area contributed by atoms with Gasteiger partial charge in [0, 0.05) is 12.2 Å². The number of carbonyl (C=O) groups excluding carboxylic acids is 1. The lowest BCUT2D eigenvalue weighted by molar-refractivity contribution is -0.113. The number of nitrogens with zero attached hydrogens (tertiary/aromatic N) is 2. The lowest BCUT2D eigenvalue weighted by Crippen LogP contribution is -2.13. The number of aromatic nitrogens is 2. The van der Waals surface area contributed by atoms with Gasteiger partial charge in [-0.1, -0.05) is 65.6 Å². The molecule has 7 heteroatoms. The van der Waals surface area contributed by atoms with E-state index in [1.807, 2.05) is 49.4 Å². The Bertz CT molecular complexity index is 819. The Morgan fingerprint density at radius 2 is 1.76 bits per heavy atom. The summed E-state index contributed by atoms with van der Waals surface area (Å²) in [5.74, 6) is 0.249. The topological polar surface area (TPSA) is 66.9 Å². The van der Waals surface area contributed by atoms with Crippen LogP contribution in [-0.2, 0) is 4.79 Å². The molecule has 3 aromatic rings. The molecule has 0 aliphatic rings. The van der Waals surface area contributed by atoms with Crippen LogP contribution in [0.2, 0.25) is 0 Å². The third kappa shape index (κ3) is 5.04. The molecule has 0 aliphatic carbocycles. The molecule has 1 amide bonds. The molecule has 0 saturated heterocycles. The highest BCUT2D eigenvalue weighted by molar-refractivity contribution is 8.01. The fourth-order valence-corrected chi connectivity index (χ4v) is 3.81. The van der Waals surface area contributed by atoms with Gasteiger partial charge in [0.15, 0.2) is 4.34 Å². The molecular formula is C18H18N4OS2. The van der Waals surface area contributed by atoms with Crippen molar-refractivity contribution in [3.8, 4) is 11.1 Å². The lowest BCUT2D eigenvalue weighted by Gasteiger charge is -2.06. The first kappa shape index (κ1) is 17.4. The number of rotatable bonds is 7. The number of carbonyl (C=O) groups is 1. The predicted octanol–water partition coefficient (Wildman–Crippen LogP) is 4.37. The van der Waals surface area contributed by atoms with Gasteiger partial charge in [-0.05, 0) is 30.2 Å². The Hall–Kier alpha value is -2.38. The Morgan fingerprint density at radius 3 is 2.48 bits per heavy atom. The van der Waals surface area contributed by atoms with Gasteiger partial charge >= 0.3 is 0 Å². The summed E-state index contributed by atoms with van der Waals surface area (Å²) >= 11 is 2.84. The zero-order valence-electron chi connectivity index (χ0n) is 13.7. The molecule has 0 aliphatic heterocycles. The van der Waals surface area contributed by atoms with E-state index in [1.54, 1.807) is 0 Å². The van der Waals surface area contributed by atoms with Gasteiger partial charge in [0.1, 0.15) is 0 Å². The first-order valence-corrected chi connectivity index (χ1v) is 9.70. The van der Waals surface area contributed by atoms with E-state index < -0.39 is 0 Å². The van der Waals surface area contributed by atoms with Crippen molar-refractivity contribution in [2.45, 2.75) is 11.3 Å². The van der Waals surface area contributed by atoms with Crippen molar-refractivity contribution in [1.82, 2.24) is 10.2 Å². The molecule has 1 aromatic heterocycles. The Kier molecular flexibility index (Phi) is 6.03. The van der Waals surface area contributed by atoms with Gasteiger partial charge in [-0.3, -0.25) is 4.79 Å². The SMILES string of the molecule is CCNc1nnc(SCC(=O)Nc2ccc(-c3ccccc3)cc2)s1. The summed E-state index contributed by atoms with van der Waals surface area (Å²) in [6.07, 6.45) is 0. The second kappa shape index (κ2) is 8.64. The molecule has 0 atom stereocenters. The molecule has 0 saturated carbocycles. The fraction of sp³-hybridized carbons (Fsp3) is 0.167. The Labute approximate surface area is 154 Å². The first-order chi connectivity index (χ1) is 12.2. The van der Waals surface area contributed by atoms with E-state index in [4.69, 9.17) is 0 Å². The molecule has 0 radical (unpaired) electrons. The summed E-state index contributed by atoms with van der Waals surface area (Å²) in [6.45, 7) is 2.81. The molecule has 1 heterocycles. The lowest BCUT2D eigenvalue weighted by atomic mass is 10.1. The van der Waals surface area contributed by atoms with Crippen molar-refractivity contribution < 1.29 is 4.79 Å². The Morgan fingerprint density at radius 1 is 1.04 bits per heavy atom. The van der Waals surface area contributed by atoms with Crippen molar-refractivity contribution >= 4 is 39.8 Å². The molecule has 2 aromatic carbocycles. The van der Waals surface area contributed by atoms with Crippen molar-refractivity contribution in [3.63, 3.8) is 0 Å². The van der Waals surface area contributed by atoms with Gasteiger partial charge in [0.2, 0.25) is 11.0 Å². The zero-order chi connectivity index (χ0) is 17.5. The monoisotopic (exact) mass is 370 g/mol. The second-order valence-corrected chi connectivity index (χ2v) is 7.38. The molecule has 128 valence electrons. The average molecular weight is 371 g/mol. The highest BCUT2D eigenvalue weighted by Crippen LogP contribution is 2.25. The Balaban J connectivity index is 1.52. The van der Waals surface area contributed by atoms with Crippen LogP contribution >= 0.6 is 23.1 Å². The largest absolute Gasteiger partial charge is 0.360 e. The molecule has 25 heavy (non-hydrogen) atoms. The molecule has 0 spiro atoms. The maximum Gasteiger partial charge on any atom is 0.234 e.